The number of ether oxygens (including phenoxy) is 1. The van der Waals surface area contributed by atoms with Gasteiger partial charge in [0.1, 0.15) is 6.61 Å². The summed E-state index contributed by atoms with van der Waals surface area (Å²) in [6.07, 6.45) is 3.57. The molecule has 1 aromatic rings. The molecule has 0 N–H and O–H groups in total. The third-order valence-corrected chi connectivity index (χ3v) is 4.47. The van der Waals surface area contributed by atoms with E-state index in [9.17, 15) is 9.59 Å². The molecule has 0 unspecified atom stereocenters. The first-order chi connectivity index (χ1) is 10.7. The molecule has 0 radical (unpaired) electrons. The number of hydrogen-bond donors (Lipinski definition) is 0. The molecule has 1 fully saturated rings. The van der Waals surface area contributed by atoms with Gasteiger partial charge in [-0.3, -0.25) is 4.79 Å². The van der Waals surface area contributed by atoms with E-state index in [4.69, 9.17) is 4.74 Å². The number of nitrogens with zero attached hydrogens (tertiary/aromatic N) is 1. The minimum absolute atomic E-state index is 0.102. The monoisotopic (exact) mass is 303 g/mol. The highest BCUT2D eigenvalue weighted by Crippen LogP contribution is 2.21. The molecule has 0 spiro atoms. The van der Waals surface area contributed by atoms with E-state index < -0.39 is 6.09 Å². The van der Waals surface area contributed by atoms with Gasteiger partial charge < -0.3 is 4.74 Å². The maximum Gasteiger partial charge on any atom is 0.416 e. The lowest BCUT2D eigenvalue weighted by molar-refractivity contribution is -0.129. The van der Waals surface area contributed by atoms with Crippen LogP contribution in [0.3, 0.4) is 0 Å². The van der Waals surface area contributed by atoms with Gasteiger partial charge in [-0.2, -0.15) is 0 Å². The Kier molecular flexibility index (Phi) is 5.99. The zero-order chi connectivity index (χ0) is 15.9. The van der Waals surface area contributed by atoms with Crippen LogP contribution in [-0.2, 0) is 16.0 Å². The van der Waals surface area contributed by atoms with E-state index in [2.05, 4.69) is 13.8 Å². The molecule has 1 atom stereocenters. The molecule has 1 aliphatic heterocycles. The van der Waals surface area contributed by atoms with Crippen LogP contribution in [0.1, 0.15) is 45.1 Å². The maximum atomic E-state index is 12.4. The first-order valence-electron chi connectivity index (χ1n) is 8.18. The van der Waals surface area contributed by atoms with Gasteiger partial charge in [-0.15, -0.1) is 0 Å². The average Bonchev–Trinajstić information content (AvgIpc) is 2.90. The zero-order valence-corrected chi connectivity index (χ0v) is 13.5. The minimum Gasteiger partial charge on any atom is -0.447 e. The van der Waals surface area contributed by atoms with Crippen LogP contribution in [-0.4, -0.2) is 29.5 Å². The molecule has 1 aliphatic rings. The van der Waals surface area contributed by atoms with Gasteiger partial charge in [0.2, 0.25) is 5.91 Å². The summed E-state index contributed by atoms with van der Waals surface area (Å²) in [7, 11) is 0. The Balaban J connectivity index is 1.97. The van der Waals surface area contributed by atoms with Crippen LogP contribution in [0.15, 0.2) is 30.3 Å². The summed E-state index contributed by atoms with van der Waals surface area (Å²) >= 11 is 0. The Morgan fingerprint density at radius 3 is 2.59 bits per heavy atom. The first-order valence-corrected chi connectivity index (χ1v) is 8.18. The van der Waals surface area contributed by atoms with Crippen molar-refractivity contribution in [3.63, 3.8) is 0 Å². The third kappa shape index (κ3) is 4.09. The van der Waals surface area contributed by atoms with E-state index in [0.717, 1.165) is 24.8 Å². The lowest BCUT2D eigenvalue weighted by atomic mass is 9.97. The number of hydrogen-bond acceptors (Lipinski definition) is 3. The smallest absolute Gasteiger partial charge is 0.416 e. The highest BCUT2D eigenvalue weighted by molar-refractivity contribution is 5.93. The molecule has 22 heavy (non-hydrogen) atoms. The first kappa shape index (κ1) is 16.5. The minimum atomic E-state index is -0.490. The van der Waals surface area contributed by atoms with Gasteiger partial charge in [-0.25, -0.2) is 9.69 Å². The van der Waals surface area contributed by atoms with Crippen molar-refractivity contribution >= 4 is 12.0 Å². The highest BCUT2D eigenvalue weighted by Gasteiger charge is 2.37. The molecule has 1 aromatic carbocycles. The molecule has 0 saturated carbocycles. The molecule has 2 amide bonds. The number of amides is 2. The molecule has 0 bridgehead atoms. The summed E-state index contributed by atoms with van der Waals surface area (Å²) in [6.45, 7) is 4.58. The van der Waals surface area contributed by atoms with Crippen molar-refractivity contribution in [1.82, 2.24) is 4.90 Å². The Morgan fingerprint density at radius 1 is 1.27 bits per heavy atom. The Labute approximate surface area is 132 Å². The van der Waals surface area contributed by atoms with E-state index in [-0.39, 0.29) is 11.9 Å². The van der Waals surface area contributed by atoms with Crippen molar-refractivity contribution in [2.75, 3.05) is 6.61 Å². The van der Waals surface area contributed by atoms with Crippen LogP contribution in [0.2, 0.25) is 0 Å². The van der Waals surface area contributed by atoms with Crippen LogP contribution in [0.4, 0.5) is 4.79 Å². The third-order valence-electron chi connectivity index (χ3n) is 4.47. The van der Waals surface area contributed by atoms with Crippen LogP contribution in [0.5, 0.6) is 0 Å². The summed E-state index contributed by atoms with van der Waals surface area (Å²) in [5.74, 6) is 0.450. The number of rotatable bonds is 7. The second-order valence-electron chi connectivity index (χ2n) is 5.91. The summed E-state index contributed by atoms with van der Waals surface area (Å²) < 4.78 is 5.10. The SMILES string of the molecule is CCC(CC)CCC(=O)N1C(=O)OC[C@@H]1Cc1ccccc1. The summed E-state index contributed by atoms with van der Waals surface area (Å²) in [4.78, 5) is 25.6. The largest absolute Gasteiger partial charge is 0.447 e. The molecule has 1 saturated heterocycles. The van der Waals surface area contributed by atoms with Crippen molar-refractivity contribution < 1.29 is 14.3 Å². The maximum absolute atomic E-state index is 12.4. The Hall–Kier alpha value is -1.84. The molecule has 0 aliphatic carbocycles. The van der Waals surface area contributed by atoms with Gasteiger partial charge in [0.05, 0.1) is 6.04 Å². The van der Waals surface area contributed by atoms with Crippen molar-refractivity contribution in [2.24, 2.45) is 5.92 Å². The van der Waals surface area contributed by atoms with E-state index in [1.54, 1.807) is 0 Å². The fourth-order valence-corrected chi connectivity index (χ4v) is 2.95. The van der Waals surface area contributed by atoms with Crippen LogP contribution < -0.4 is 0 Å². The Bertz CT molecular complexity index is 496. The van der Waals surface area contributed by atoms with Gasteiger partial charge in [0, 0.05) is 6.42 Å². The van der Waals surface area contributed by atoms with Gasteiger partial charge in [-0.05, 0) is 24.3 Å². The molecule has 1 heterocycles. The normalized spacial score (nSPS) is 17.9. The lowest BCUT2D eigenvalue weighted by Gasteiger charge is -2.21. The number of benzene rings is 1. The fraction of sp³-hybridized carbons (Fsp3) is 0.556. The van der Waals surface area contributed by atoms with Crippen LogP contribution in [0, 0.1) is 5.92 Å². The van der Waals surface area contributed by atoms with Crippen molar-refractivity contribution in [2.45, 2.75) is 52.0 Å². The van der Waals surface area contributed by atoms with Crippen molar-refractivity contribution in [3.05, 3.63) is 35.9 Å². The number of imide groups is 1. The summed E-state index contributed by atoms with van der Waals surface area (Å²) in [5, 5.41) is 0. The highest BCUT2D eigenvalue weighted by atomic mass is 16.6. The average molecular weight is 303 g/mol. The van der Waals surface area contributed by atoms with Gasteiger partial charge in [0.15, 0.2) is 0 Å². The topological polar surface area (TPSA) is 46.6 Å². The summed E-state index contributed by atoms with van der Waals surface area (Å²) in [6, 6.07) is 9.73. The molecule has 2 rings (SSSR count). The van der Waals surface area contributed by atoms with E-state index >= 15 is 0 Å². The second kappa shape index (κ2) is 7.97. The van der Waals surface area contributed by atoms with Crippen molar-refractivity contribution in [1.29, 1.82) is 0 Å². The Morgan fingerprint density at radius 2 is 1.95 bits per heavy atom. The van der Waals surface area contributed by atoms with Gasteiger partial charge >= 0.3 is 6.09 Å². The van der Waals surface area contributed by atoms with E-state index in [1.165, 1.54) is 4.90 Å². The predicted octanol–water partition coefficient (Wildman–Crippen LogP) is 3.79. The lowest BCUT2D eigenvalue weighted by Crippen LogP contribution is -2.40. The number of carbonyl (C=O) groups is 2. The molecular weight excluding hydrogens is 278 g/mol. The number of carbonyl (C=O) groups excluding carboxylic acids is 2. The van der Waals surface area contributed by atoms with Crippen LogP contribution >= 0.6 is 0 Å². The van der Waals surface area contributed by atoms with Gasteiger partial charge in [-0.1, -0.05) is 57.0 Å². The molecule has 120 valence electrons. The molecule has 4 heteroatoms. The second-order valence-corrected chi connectivity index (χ2v) is 5.91. The van der Waals surface area contributed by atoms with E-state index in [1.807, 2.05) is 30.3 Å². The number of cyclic esters (lactones) is 1. The van der Waals surface area contributed by atoms with Crippen molar-refractivity contribution in [3.8, 4) is 0 Å². The zero-order valence-electron chi connectivity index (χ0n) is 13.5. The quantitative estimate of drug-likeness (QED) is 0.770. The van der Waals surface area contributed by atoms with Gasteiger partial charge in [0.25, 0.3) is 0 Å². The summed E-state index contributed by atoms with van der Waals surface area (Å²) in [5.41, 5.74) is 1.11. The molecular formula is C18H25NO3. The molecule has 4 nitrogen and oxygen atoms in total. The predicted molar refractivity (Wildman–Crippen MR) is 85.4 cm³/mol. The fourth-order valence-electron chi connectivity index (χ4n) is 2.95. The van der Waals surface area contributed by atoms with Crippen LogP contribution in [0.25, 0.3) is 0 Å². The molecule has 0 aromatic heterocycles. The standard InChI is InChI=1S/C18H25NO3/c1-3-14(4-2)10-11-17(20)19-16(13-22-18(19)21)12-15-8-6-5-7-9-15/h5-9,14,16H,3-4,10-13H2,1-2H3/t16-/m0/s1. The van der Waals surface area contributed by atoms with E-state index in [0.29, 0.717) is 25.4 Å².